The van der Waals surface area contributed by atoms with Gasteiger partial charge in [-0.2, -0.15) is 0 Å². The van der Waals surface area contributed by atoms with E-state index in [9.17, 15) is 4.79 Å². The van der Waals surface area contributed by atoms with Crippen LogP contribution in [0.15, 0.2) is 18.2 Å². The summed E-state index contributed by atoms with van der Waals surface area (Å²) in [5.41, 5.74) is 2.10. The number of anilines is 1. The summed E-state index contributed by atoms with van der Waals surface area (Å²) < 4.78 is 12.1. The van der Waals surface area contributed by atoms with E-state index in [1.54, 1.807) is 0 Å². The number of hydrogen-bond donors (Lipinski definition) is 1. The lowest BCUT2D eigenvalue weighted by Crippen LogP contribution is -2.41. The lowest BCUT2D eigenvalue weighted by Gasteiger charge is -2.32. The van der Waals surface area contributed by atoms with Crippen molar-refractivity contribution in [3.63, 3.8) is 0 Å². The highest BCUT2D eigenvalue weighted by Crippen LogP contribution is 2.36. The normalized spacial score (nSPS) is 19.5. The maximum atomic E-state index is 11.8. The first-order chi connectivity index (χ1) is 10.0. The Balaban J connectivity index is 2.19. The van der Waals surface area contributed by atoms with Crippen molar-refractivity contribution >= 4 is 24.2 Å². The number of carbonyl (C=O) groups excluding carboxylic acids is 1. The largest absolute Gasteiger partial charge is 0.494 e. The van der Waals surface area contributed by atoms with Crippen LogP contribution in [0.2, 0.25) is 0 Å². The first kappa shape index (κ1) is 17.0. The van der Waals surface area contributed by atoms with Gasteiger partial charge in [-0.1, -0.05) is 26.0 Å². The van der Waals surface area contributed by atoms with Crippen molar-refractivity contribution in [2.45, 2.75) is 59.7 Å². The summed E-state index contributed by atoms with van der Waals surface area (Å²) in [6, 6.07) is 5.87. The summed E-state index contributed by atoms with van der Waals surface area (Å²) in [4.78, 5) is 11.8. The first-order valence-corrected chi connectivity index (χ1v) is 7.80. The van der Waals surface area contributed by atoms with Gasteiger partial charge in [-0.25, -0.2) is 0 Å². The Morgan fingerprint density at radius 2 is 1.68 bits per heavy atom. The third-order valence-corrected chi connectivity index (χ3v) is 4.56. The molecule has 0 bridgehead atoms. The Labute approximate surface area is 133 Å². The summed E-state index contributed by atoms with van der Waals surface area (Å²) in [5.74, 6) is -0.0198. The van der Waals surface area contributed by atoms with E-state index in [1.807, 2.05) is 66.7 Å². The van der Waals surface area contributed by atoms with Crippen molar-refractivity contribution in [2.75, 3.05) is 5.32 Å². The second-order valence-corrected chi connectivity index (χ2v) is 7.31. The zero-order valence-corrected chi connectivity index (χ0v) is 14.6. The van der Waals surface area contributed by atoms with Gasteiger partial charge in [-0.3, -0.25) is 4.79 Å². The highest BCUT2D eigenvalue weighted by atomic mass is 16.7. The quantitative estimate of drug-likeness (QED) is 0.873. The Kier molecular flexibility index (Phi) is 4.42. The molecule has 1 N–H and O–H groups in total. The number of aryl methyl sites for hydroxylation is 1. The average Bonchev–Trinajstić information content (AvgIpc) is 2.60. The smallest absolute Gasteiger partial charge is 0.399 e. The van der Waals surface area contributed by atoms with Crippen LogP contribution in [0.1, 0.15) is 47.1 Å². The van der Waals surface area contributed by atoms with Crippen LogP contribution in [0.25, 0.3) is 0 Å². The van der Waals surface area contributed by atoms with E-state index in [4.69, 9.17) is 9.31 Å². The van der Waals surface area contributed by atoms with Crippen LogP contribution in [0.4, 0.5) is 5.69 Å². The third-order valence-electron chi connectivity index (χ3n) is 4.56. The number of hydrogen-bond acceptors (Lipinski definition) is 3. The minimum absolute atomic E-state index is 0.0199. The molecule has 0 radical (unpaired) electrons. The summed E-state index contributed by atoms with van der Waals surface area (Å²) >= 11 is 0. The number of amides is 1. The maximum Gasteiger partial charge on any atom is 0.494 e. The maximum absolute atomic E-state index is 11.8. The second-order valence-electron chi connectivity index (χ2n) is 7.31. The summed E-state index contributed by atoms with van der Waals surface area (Å²) in [6.45, 7) is 13.9. The summed E-state index contributed by atoms with van der Waals surface area (Å²) in [5, 5.41) is 2.94. The van der Waals surface area contributed by atoms with Gasteiger partial charge in [0.2, 0.25) is 5.91 Å². The zero-order chi connectivity index (χ0) is 16.7. The fourth-order valence-corrected chi connectivity index (χ4v) is 2.23. The van der Waals surface area contributed by atoms with Gasteiger partial charge in [0.1, 0.15) is 0 Å². The Morgan fingerprint density at radius 1 is 1.14 bits per heavy atom. The molecule has 5 heteroatoms. The van der Waals surface area contributed by atoms with Crippen molar-refractivity contribution in [3.05, 3.63) is 23.8 Å². The Hall–Kier alpha value is -1.33. The summed E-state index contributed by atoms with van der Waals surface area (Å²) in [7, 11) is -0.376. The van der Waals surface area contributed by atoms with Crippen LogP contribution in [0, 0.1) is 12.8 Å². The number of rotatable bonds is 3. The molecule has 0 spiro atoms. The molecule has 2 rings (SSSR count). The van der Waals surface area contributed by atoms with E-state index in [0.717, 1.165) is 16.7 Å². The molecule has 0 atom stereocenters. The van der Waals surface area contributed by atoms with Gasteiger partial charge in [0.15, 0.2) is 0 Å². The Morgan fingerprint density at radius 3 is 2.14 bits per heavy atom. The van der Waals surface area contributed by atoms with E-state index in [-0.39, 0.29) is 30.1 Å². The van der Waals surface area contributed by atoms with Gasteiger partial charge >= 0.3 is 7.12 Å². The topological polar surface area (TPSA) is 47.6 Å². The van der Waals surface area contributed by atoms with E-state index < -0.39 is 0 Å². The second kappa shape index (κ2) is 5.71. The predicted molar refractivity (Wildman–Crippen MR) is 90.4 cm³/mol. The SMILES string of the molecule is Cc1cc(B2OC(C)(C)C(C)(C)O2)ccc1NC(=O)C(C)C. The third kappa shape index (κ3) is 3.20. The monoisotopic (exact) mass is 303 g/mol. The molecule has 1 fully saturated rings. The minimum Gasteiger partial charge on any atom is -0.399 e. The van der Waals surface area contributed by atoms with Crippen LogP contribution >= 0.6 is 0 Å². The van der Waals surface area contributed by atoms with E-state index in [1.165, 1.54) is 0 Å². The van der Waals surface area contributed by atoms with E-state index >= 15 is 0 Å². The fraction of sp³-hybridized carbons (Fsp3) is 0.588. The molecule has 0 aliphatic carbocycles. The van der Waals surface area contributed by atoms with Gasteiger partial charge in [-0.05, 0) is 51.7 Å². The van der Waals surface area contributed by atoms with Crippen LogP contribution in [-0.4, -0.2) is 24.2 Å². The molecule has 22 heavy (non-hydrogen) atoms. The van der Waals surface area contributed by atoms with Gasteiger partial charge in [0.25, 0.3) is 0 Å². The average molecular weight is 303 g/mol. The van der Waals surface area contributed by atoms with E-state index in [0.29, 0.717) is 0 Å². The number of carbonyl (C=O) groups is 1. The van der Waals surface area contributed by atoms with E-state index in [2.05, 4.69) is 5.32 Å². The molecule has 1 heterocycles. The molecule has 1 aliphatic heterocycles. The van der Waals surface area contributed by atoms with Gasteiger partial charge in [0.05, 0.1) is 11.2 Å². The molecular weight excluding hydrogens is 277 g/mol. The summed E-state index contributed by atoms with van der Waals surface area (Å²) in [6.07, 6.45) is 0. The highest BCUT2D eigenvalue weighted by Gasteiger charge is 2.51. The Bertz CT molecular complexity index is 565. The molecular formula is C17H26BNO3. The van der Waals surface area contributed by atoms with Crippen LogP contribution in [0.3, 0.4) is 0 Å². The van der Waals surface area contributed by atoms with Crippen molar-refractivity contribution < 1.29 is 14.1 Å². The molecule has 0 aromatic heterocycles. The number of benzene rings is 1. The molecule has 1 saturated heterocycles. The van der Waals surface area contributed by atoms with Gasteiger partial charge in [0, 0.05) is 11.6 Å². The molecule has 1 aliphatic rings. The van der Waals surface area contributed by atoms with Gasteiger partial charge in [-0.15, -0.1) is 0 Å². The number of nitrogens with one attached hydrogen (secondary N) is 1. The van der Waals surface area contributed by atoms with Crippen molar-refractivity contribution in [1.82, 2.24) is 0 Å². The molecule has 1 amide bonds. The molecule has 0 unspecified atom stereocenters. The molecule has 0 saturated carbocycles. The molecule has 1 aromatic carbocycles. The van der Waals surface area contributed by atoms with Gasteiger partial charge < -0.3 is 14.6 Å². The van der Waals surface area contributed by atoms with Crippen molar-refractivity contribution in [2.24, 2.45) is 5.92 Å². The fourth-order valence-electron chi connectivity index (χ4n) is 2.23. The zero-order valence-electron chi connectivity index (χ0n) is 14.6. The van der Waals surface area contributed by atoms with Crippen molar-refractivity contribution in [3.8, 4) is 0 Å². The van der Waals surface area contributed by atoms with Crippen LogP contribution in [0.5, 0.6) is 0 Å². The van der Waals surface area contributed by atoms with Crippen molar-refractivity contribution in [1.29, 1.82) is 0 Å². The molecule has 120 valence electrons. The first-order valence-electron chi connectivity index (χ1n) is 7.80. The molecule has 1 aromatic rings. The lowest BCUT2D eigenvalue weighted by molar-refractivity contribution is -0.118. The minimum atomic E-state index is -0.376. The van der Waals surface area contributed by atoms with Crippen LogP contribution in [-0.2, 0) is 14.1 Å². The lowest BCUT2D eigenvalue weighted by atomic mass is 9.78. The predicted octanol–water partition coefficient (Wildman–Crippen LogP) is 2.89. The standard InChI is InChI=1S/C17H26BNO3/c1-11(2)15(20)19-14-9-8-13(10-12(14)3)18-21-16(4,5)17(6,7)22-18/h8-11H,1-7H3,(H,19,20). The highest BCUT2D eigenvalue weighted by molar-refractivity contribution is 6.62. The molecule has 4 nitrogen and oxygen atoms in total. The van der Waals surface area contributed by atoms with Crippen LogP contribution < -0.4 is 10.8 Å².